The van der Waals surface area contributed by atoms with Gasteiger partial charge in [0, 0.05) is 6.54 Å². The van der Waals surface area contributed by atoms with E-state index >= 15 is 0 Å². The summed E-state index contributed by atoms with van der Waals surface area (Å²) in [7, 11) is 1.49. The van der Waals surface area contributed by atoms with Gasteiger partial charge in [-0.15, -0.1) is 0 Å². The topological polar surface area (TPSA) is 41.6 Å². The molecule has 100 valence electrons. The van der Waals surface area contributed by atoms with E-state index in [9.17, 15) is 4.79 Å². The Morgan fingerprint density at radius 1 is 1.35 bits per heavy atom. The van der Waals surface area contributed by atoms with E-state index in [1.165, 1.54) is 7.11 Å². The summed E-state index contributed by atoms with van der Waals surface area (Å²) in [4.78, 5) is 14.4. The van der Waals surface area contributed by atoms with Gasteiger partial charge in [0.2, 0.25) is 0 Å². The van der Waals surface area contributed by atoms with E-state index in [1.54, 1.807) is 0 Å². The standard InChI is InChI=1S/C13H26N2O2/c1-4-9-14-13(12(16)17-3)7-6-10-15(5-2)11-8-13/h14H,4-11H2,1-3H3. The van der Waals surface area contributed by atoms with Crippen LogP contribution in [0.4, 0.5) is 0 Å². The lowest BCUT2D eigenvalue weighted by molar-refractivity contribution is -0.149. The van der Waals surface area contributed by atoms with Crippen molar-refractivity contribution in [3.63, 3.8) is 0 Å². The van der Waals surface area contributed by atoms with Gasteiger partial charge in [0.25, 0.3) is 0 Å². The molecule has 0 radical (unpaired) electrons. The van der Waals surface area contributed by atoms with Crippen LogP contribution in [0, 0.1) is 0 Å². The highest BCUT2D eigenvalue weighted by Crippen LogP contribution is 2.24. The molecule has 17 heavy (non-hydrogen) atoms. The zero-order chi connectivity index (χ0) is 12.7. The number of carbonyl (C=O) groups excluding carboxylic acids is 1. The van der Waals surface area contributed by atoms with Gasteiger partial charge in [-0.05, 0) is 45.3 Å². The molecule has 0 aromatic carbocycles. The number of esters is 1. The van der Waals surface area contributed by atoms with Gasteiger partial charge in [0.1, 0.15) is 5.54 Å². The third-order valence-corrected chi connectivity index (χ3v) is 3.67. The van der Waals surface area contributed by atoms with Crippen LogP contribution >= 0.6 is 0 Å². The molecule has 1 N–H and O–H groups in total. The Hall–Kier alpha value is -0.610. The molecule has 4 heteroatoms. The number of hydrogen-bond donors (Lipinski definition) is 1. The summed E-state index contributed by atoms with van der Waals surface area (Å²) >= 11 is 0. The average Bonchev–Trinajstić information content (AvgIpc) is 2.58. The monoisotopic (exact) mass is 242 g/mol. The van der Waals surface area contributed by atoms with E-state index in [2.05, 4.69) is 24.1 Å². The molecule has 1 aliphatic heterocycles. The zero-order valence-electron chi connectivity index (χ0n) is 11.4. The first-order valence-electron chi connectivity index (χ1n) is 6.74. The fourth-order valence-corrected chi connectivity index (χ4v) is 2.52. The van der Waals surface area contributed by atoms with Crippen molar-refractivity contribution in [2.45, 2.75) is 45.1 Å². The van der Waals surface area contributed by atoms with Gasteiger partial charge in [-0.1, -0.05) is 13.8 Å². The molecule has 0 aromatic heterocycles. The first-order valence-corrected chi connectivity index (χ1v) is 6.74. The summed E-state index contributed by atoms with van der Waals surface area (Å²) in [6, 6.07) is 0. The number of carbonyl (C=O) groups is 1. The molecule has 0 saturated carbocycles. The van der Waals surface area contributed by atoms with Gasteiger partial charge < -0.3 is 15.0 Å². The summed E-state index contributed by atoms with van der Waals surface area (Å²) in [6.07, 6.45) is 3.83. The van der Waals surface area contributed by atoms with Gasteiger partial charge >= 0.3 is 5.97 Å². The summed E-state index contributed by atoms with van der Waals surface area (Å²) in [5.74, 6) is -0.0936. The molecule has 0 spiro atoms. The fraction of sp³-hybridized carbons (Fsp3) is 0.923. The van der Waals surface area contributed by atoms with Gasteiger partial charge in [-0.2, -0.15) is 0 Å². The minimum absolute atomic E-state index is 0.0936. The molecule has 1 saturated heterocycles. The van der Waals surface area contributed by atoms with Crippen molar-refractivity contribution >= 4 is 5.97 Å². The molecule has 1 aliphatic rings. The van der Waals surface area contributed by atoms with Crippen molar-refractivity contribution in [2.24, 2.45) is 0 Å². The van der Waals surface area contributed by atoms with Crippen LogP contribution in [0.3, 0.4) is 0 Å². The fourth-order valence-electron chi connectivity index (χ4n) is 2.52. The van der Waals surface area contributed by atoms with Crippen LogP contribution in [0.1, 0.15) is 39.5 Å². The Bertz CT molecular complexity index is 246. The third-order valence-electron chi connectivity index (χ3n) is 3.67. The molecule has 0 amide bonds. The third kappa shape index (κ3) is 3.68. The molecule has 4 nitrogen and oxygen atoms in total. The lowest BCUT2D eigenvalue weighted by Crippen LogP contribution is -2.53. The van der Waals surface area contributed by atoms with Crippen molar-refractivity contribution in [3.8, 4) is 0 Å². The van der Waals surface area contributed by atoms with E-state index < -0.39 is 5.54 Å². The quantitative estimate of drug-likeness (QED) is 0.740. The number of ether oxygens (including phenoxy) is 1. The number of methoxy groups -OCH3 is 1. The average molecular weight is 242 g/mol. The maximum atomic E-state index is 12.0. The van der Waals surface area contributed by atoms with E-state index in [1.807, 2.05) is 0 Å². The molecular weight excluding hydrogens is 216 g/mol. The first kappa shape index (κ1) is 14.5. The number of likely N-dealkylation sites (tertiary alicyclic amines) is 1. The van der Waals surface area contributed by atoms with E-state index in [-0.39, 0.29) is 5.97 Å². The van der Waals surface area contributed by atoms with Crippen LogP contribution < -0.4 is 5.32 Å². The Kier molecular flexibility index (Phi) is 5.92. The Balaban J connectivity index is 2.71. The highest BCUT2D eigenvalue weighted by atomic mass is 16.5. The van der Waals surface area contributed by atoms with Gasteiger partial charge in [-0.3, -0.25) is 4.79 Å². The molecule has 0 bridgehead atoms. The number of hydrogen-bond acceptors (Lipinski definition) is 4. The summed E-state index contributed by atoms with van der Waals surface area (Å²) < 4.78 is 4.99. The summed E-state index contributed by atoms with van der Waals surface area (Å²) in [5.41, 5.74) is -0.450. The Morgan fingerprint density at radius 2 is 2.12 bits per heavy atom. The van der Waals surface area contributed by atoms with Gasteiger partial charge in [0.15, 0.2) is 0 Å². The summed E-state index contributed by atoms with van der Waals surface area (Å²) in [5, 5.41) is 3.42. The van der Waals surface area contributed by atoms with Gasteiger partial charge in [0.05, 0.1) is 7.11 Å². The lowest BCUT2D eigenvalue weighted by Gasteiger charge is -2.31. The smallest absolute Gasteiger partial charge is 0.326 e. The largest absolute Gasteiger partial charge is 0.468 e. The second-order valence-corrected chi connectivity index (χ2v) is 4.79. The Morgan fingerprint density at radius 3 is 2.71 bits per heavy atom. The number of rotatable bonds is 5. The van der Waals surface area contributed by atoms with Crippen molar-refractivity contribution in [3.05, 3.63) is 0 Å². The van der Waals surface area contributed by atoms with Gasteiger partial charge in [-0.25, -0.2) is 0 Å². The SMILES string of the molecule is CCCNC1(C(=O)OC)CCCN(CC)CC1. The molecular formula is C13H26N2O2. The lowest BCUT2D eigenvalue weighted by atomic mass is 9.90. The molecule has 1 rings (SSSR count). The maximum Gasteiger partial charge on any atom is 0.326 e. The van der Waals surface area contributed by atoms with Crippen molar-refractivity contribution in [1.29, 1.82) is 0 Å². The molecule has 1 heterocycles. The van der Waals surface area contributed by atoms with Crippen LogP contribution in [-0.2, 0) is 9.53 Å². The molecule has 1 unspecified atom stereocenters. The molecule has 1 fully saturated rings. The highest BCUT2D eigenvalue weighted by Gasteiger charge is 2.39. The van der Waals surface area contributed by atoms with Crippen LogP contribution in [0.5, 0.6) is 0 Å². The normalized spacial score (nSPS) is 26.5. The zero-order valence-corrected chi connectivity index (χ0v) is 11.4. The minimum atomic E-state index is -0.450. The minimum Gasteiger partial charge on any atom is -0.468 e. The maximum absolute atomic E-state index is 12.0. The van der Waals surface area contributed by atoms with Crippen LogP contribution in [0.25, 0.3) is 0 Å². The van der Waals surface area contributed by atoms with Crippen molar-refractivity contribution in [2.75, 3.05) is 33.3 Å². The van der Waals surface area contributed by atoms with E-state index in [0.29, 0.717) is 0 Å². The molecule has 0 aromatic rings. The van der Waals surface area contributed by atoms with Crippen LogP contribution in [0.15, 0.2) is 0 Å². The molecule has 0 aliphatic carbocycles. The number of nitrogens with one attached hydrogen (secondary N) is 1. The predicted octanol–water partition coefficient (Wildman–Crippen LogP) is 1.40. The van der Waals surface area contributed by atoms with E-state index in [0.717, 1.165) is 51.9 Å². The molecule has 1 atom stereocenters. The number of nitrogens with zero attached hydrogens (tertiary/aromatic N) is 1. The highest BCUT2D eigenvalue weighted by molar-refractivity contribution is 5.80. The van der Waals surface area contributed by atoms with Crippen LogP contribution in [-0.4, -0.2) is 49.7 Å². The van der Waals surface area contributed by atoms with Crippen molar-refractivity contribution < 1.29 is 9.53 Å². The van der Waals surface area contributed by atoms with E-state index in [4.69, 9.17) is 4.74 Å². The Labute approximate surface area is 105 Å². The summed E-state index contributed by atoms with van der Waals surface area (Å²) in [6.45, 7) is 8.29. The van der Waals surface area contributed by atoms with Crippen molar-refractivity contribution in [1.82, 2.24) is 10.2 Å². The second kappa shape index (κ2) is 6.97. The van der Waals surface area contributed by atoms with Crippen LogP contribution in [0.2, 0.25) is 0 Å². The first-order chi connectivity index (χ1) is 8.18. The second-order valence-electron chi connectivity index (χ2n) is 4.79. The predicted molar refractivity (Wildman–Crippen MR) is 69.0 cm³/mol.